The summed E-state index contributed by atoms with van der Waals surface area (Å²) in [6.07, 6.45) is 0.633. The van der Waals surface area contributed by atoms with Crippen LogP contribution in [0, 0.1) is 0 Å². The van der Waals surface area contributed by atoms with Gasteiger partial charge in [-0.2, -0.15) is 0 Å². The van der Waals surface area contributed by atoms with Crippen molar-refractivity contribution in [1.29, 1.82) is 0 Å². The van der Waals surface area contributed by atoms with Crippen LogP contribution in [0.25, 0.3) is 0 Å². The van der Waals surface area contributed by atoms with E-state index in [0.717, 1.165) is 18.1 Å². The number of aromatic carboxylic acids is 1. The van der Waals surface area contributed by atoms with Crippen molar-refractivity contribution in [1.82, 2.24) is 9.88 Å². The van der Waals surface area contributed by atoms with Crippen LogP contribution in [-0.2, 0) is 22.4 Å². The molecular weight excluding hydrogens is 280 g/mol. The van der Waals surface area contributed by atoms with Crippen LogP contribution in [0.4, 0.5) is 0 Å². The molecule has 6 nitrogen and oxygen atoms in total. The van der Waals surface area contributed by atoms with Gasteiger partial charge in [-0.3, -0.25) is 4.90 Å². The van der Waals surface area contributed by atoms with Crippen LogP contribution in [0.2, 0.25) is 0 Å². The van der Waals surface area contributed by atoms with Gasteiger partial charge in [-0.05, 0) is 6.42 Å². The highest BCUT2D eigenvalue weighted by atomic mass is 32.1. The minimum Gasteiger partial charge on any atom is -0.477 e. The molecule has 0 spiro atoms. The highest BCUT2D eigenvalue weighted by molar-refractivity contribution is 7.13. The summed E-state index contributed by atoms with van der Waals surface area (Å²) in [5.41, 5.74) is 0.663. The summed E-state index contributed by atoms with van der Waals surface area (Å²) >= 11 is 1.25. The molecule has 0 fully saturated rings. The largest absolute Gasteiger partial charge is 0.477 e. The SMILES string of the molecule is CCc1nc(CN(CCOC)CCOC)sc1C(=O)O. The monoisotopic (exact) mass is 302 g/mol. The Hall–Kier alpha value is -1.02. The van der Waals surface area contributed by atoms with Gasteiger partial charge in [0.25, 0.3) is 0 Å². The lowest BCUT2D eigenvalue weighted by atomic mass is 10.3. The lowest BCUT2D eigenvalue weighted by Crippen LogP contribution is -2.30. The van der Waals surface area contributed by atoms with E-state index >= 15 is 0 Å². The van der Waals surface area contributed by atoms with Gasteiger partial charge in [0.1, 0.15) is 9.88 Å². The van der Waals surface area contributed by atoms with E-state index in [-0.39, 0.29) is 0 Å². The molecule has 7 heteroatoms. The number of aryl methyl sites for hydroxylation is 1. The number of carboxylic acids is 1. The zero-order valence-corrected chi connectivity index (χ0v) is 13.0. The van der Waals surface area contributed by atoms with Gasteiger partial charge in [0, 0.05) is 27.3 Å². The van der Waals surface area contributed by atoms with Crippen molar-refractivity contribution in [2.45, 2.75) is 19.9 Å². The van der Waals surface area contributed by atoms with Gasteiger partial charge in [-0.25, -0.2) is 9.78 Å². The maximum atomic E-state index is 11.1. The van der Waals surface area contributed by atoms with E-state index in [9.17, 15) is 4.79 Å². The first-order valence-electron chi connectivity index (χ1n) is 6.54. The third-order valence-electron chi connectivity index (χ3n) is 2.85. The molecule has 20 heavy (non-hydrogen) atoms. The molecule has 0 aliphatic heterocycles. The van der Waals surface area contributed by atoms with Crippen molar-refractivity contribution < 1.29 is 19.4 Å². The van der Waals surface area contributed by atoms with E-state index in [1.165, 1.54) is 11.3 Å². The number of nitrogens with zero attached hydrogens (tertiary/aromatic N) is 2. The number of carbonyl (C=O) groups is 1. The van der Waals surface area contributed by atoms with E-state index in [1.807, 2.05) is 6.92 Å². The molecule has 0 amide bonds. The Morgan fingerprint density at radius 1 is 1.30 bits per heavy atom. The van der Waals surface area contributed by atoms with E-state index < -0.39 is 5.97 Å². The first kappa shape index (κ1) is 17.0. The number of hydrogen-bond acceptors (Lipinski definition) is 6. The Labute approximate surface area is 123 Å². The summed E-state index contributed by atoms with van der Waals surface area (Å²) in [6, 6.07) is 0. The smallest absolute Gasteiger partial charge is 0.347 e. The Bertz CT molecular complexity index is 415. The van der Waals surface area contributed by atoms with Crippen LogP contribution >= 0.6 is 11.3 Å². The molecule has 0 saturated carbocycles. The standard InChI is InChI=1S/C13H22N2O4S/c1-4-10-12(13(16)17)20-11(14-10)9-15(5-7-18-2)6-8-19-3/h4-9H2,1-3H3,(H,16,17). The average Bonchev–Trinajstić information content (AvgIpc) is 2.85. The fourth-order valence-corrected chi connectivity index (χ4v) is 2.81. The molecule has 0 radical (unpaired) electrons. The highest BCUT2D eigenvalue weighted by Crippen LogP contribution is 2.20. The van der Waals surface area contributed by atoms with Crippen molar-refractivity contribution in [3.63, 3.8) is 0 Å². The number of rotatable bonds is 10. The van der Waals surface area contributed by atoms with Crippen molar-refractivity contribution in [3.8, 4) is 0 Å². The first-order chi connectivity index (χ1) is 9.62. The summed E-state index contributed by atoms with van der Waals surface area (Å²) in [7, 11) is 3.32. The number of aromatic nitrogens is 1. The topological polar surface area (TPSA) is 71.9 Å². The van der Waals surface area contributed by atoms with Gasteiger partial charge in [0.15, 0.2) is 0 Å². The van der Waals surface area contributed by atoms with Crippen LogP contribution in [0.1, 0.15) is 27.3 Å². The quantitative estimate of drug-likeness (QED) is 0.706. The third kappa shape index (κ3) is 5.16. The molecule has 1 heterocycles. The maximum Gasteiger partial charge on any atom is 0.347 e. The second kappa shape index (κ2) is 9.02. The van der Waals surface area contributed by atoms with Crippen molar-refractivity contribution in [3.05, 3.63) is 15.6 Å². The van der Waals surface area contributed by atoms with Gasteiger partial charge >= 0.3 is 5.97 Å². The average molecular weight is 302 g/mol. The number of methoxy groups -OCH3 is 2. The molecule has 0 aliphatic rings. The summed E-state index contributed by atoms with van der Waals surface area (Å²) in [6.45, 7) is 5.33. The predicted molar refractivity (Wildman–Crippen MR) is 77.5 cm³/mol. The second-order valence-corrected chi connectivity index (χ2v) is 5.39. The van der Waals surface area contributed by atoms with Crippen LogP contribution in [-0.4, -0.2) is 61.5 Å². The van der Waals surface area contributed by atoms with Gasteiger partial charge in [0.05, 0.1) is 25.5 Å². The lowest BCUT2D eigenvalue weighted by Gasteiger charge is -2.20. The molecule has 0 bridgehead atoms. The predicted octanol–water partition coefficient (Wildman–Crippen LogP) is 1.50. The maximum absolute atomic E-state index is 11.1. The molecule has 0 unspecified atom stereocenters. The van der Waals surface area contributed by atoms with Crippen LogP contribution in [0.3, 0.4) is 0 Å². The molecule has 0 saturated heterocycles. The minimum absolute atomic E-state index is 0.348. The van der Waals surface area contributed by atoms with E-state index in [1.54, 1.807) is 14.2 Å². The van der Waals surface area contributed by atoms with Crippen LogP contribution < -0.4 is 0 Å². The van der Waals surface area contributed by atoms with Crippen molar-refractivity contribution in [2.75, 3.05) is 40.5 Å². The molecule has 114 valence electrons. The van der Waals surface area contributed by atoms with Crippen LogP contribution in [0.5, 0.6) is 0 Å². The van der Waals surface area contributed by atoms with Gasteiger partial charge in [-0.15, -0.1) is 11.3 Å². The molecule has 0 aliphatic carbocycles. The molecule has 0 aromatic carbocycles. The highest BCUT2D eigenvalue weighted by Gasteiger charge is 2.17. The number of ether oxygens (including phenoxy) is 2. The molecule has 1 aromatic heterocycles. The van der Waals surface area contributed by atoms with Gasteiger partial charge in [-0.1, -0.05) is 6.92 Å². The lowest BCUT2D eigenvalue weighted by molar-refractivity contribution is 0.0701. The van der Waals surface area contributed by atoms with E-state index in [2.05, 4.69) is 9.88 Å². The fraction of sp³-hybridized carbons (Fsp3) is 0.692. The summed E-state index contributed by atoms with van der Waals surface area (Å²) in [5, 5.41) is 9.97. The Balaban J connectivity index is 2.73. The number of thiazole rings is 1. The Morgan fingerprint density at radius 2 is 1.90 bits per heavy atom. The van der Waals surface area contributed by atoms with E-state index in [4.69, 9.17) is 14.6 Å². The molecule has 1 aromatic rings. The zero-order chi connectivity index (χ0) is 15.0. The van der Waals surface area contributed by atoms with Crippen molar-refractivity contribution in [2.24, 2.45) is 0 Å². The summed E-state index contributed by atoms with van der Waals surface area (Å²) in [4.78, 5) is 18.1. The number of carboxylic acid groups (broad SMARTS) is 1. The molecule has 1 rings (SSSR count). The van der Waals surface area contributed by atoms with Crippen LogP contribution in [0.15, 0.2) is 0 Å². The summed E-state index contributed by atoms with van der Waals surface area (Å²) in [5.74, 6) is -0.897. The molecule has 0 atom stereocenters. The Morgan fingerprint density at radius 3 is 2.30 bits per heavy atom. The van der Waals surface area contributed by atoms with Gasteiger partial charge in [0.2, 0.25) is 0 Å². The second-order valence-electron chi connectivity index (χ2n) is 4.30. The normalized spacial score (nSPS) is 11.2. The number of hydrogen-bond donors (Lipinski definition) is 1. The zero-order valence-electron chi connectivity index (χ0n) is 12.2. The third-order valence-corrected chi connectivity index (χ3v) is 3.92. The minimum atomic E-state index is -0.897. The molecular formula is C13H22N2O4S. The summed E-state index contributed by atoms with van der Waals surface area (Å²) < 4.78 is 10.2. The van der Waals surface area contributed by atoms with Gasteiger partial charge < -0.3 is 14.6 Å². The Kier molecular flexibility index (Phi) is 7.68. The van der Waals surface area contributed by atoms with Crippen molar-refractivity contribution >= 4 is 17.3 Å². The first-order valence-corrected chi connectivity index (χ1v) is 7.36. The molecule has 1 N–H and O–H groups in total. The fourth-order valence-electron chi connectivity index (χ4n) is 1.78. The van der Waals surface area contributed by atoms with E-state index in [0.29, 0.717) is 36.8 Å².